The second kappa shape index (κ2) is 12.2. The molecule has 9 nitrogen and oxygen atoms in total. The van der Waals surface area contributed by atoms with Gasteiger partial charge < -0.3 is 29.5 Å². The van der Waals surface area contributed by atoms with Gasteiger partial charge in [0.05, 0.1) is 20.9 Å². The van der Waals surface area contributed by atoms with E-state index in [9.17, 15) is 14.4 Å². The van der Waals surface area contributed by atoms with E-state index in [4.69, 9.17) is 9.47 Å². The maximum Gasteiger partial charge on any atom is 0.250 e. The zero-order valence-corrected chi connectivity index (χ0v) is 23.6. The first kappa shape index (κ1) is 27.8. The number of nitrogens with zero attached hydrogens (tertiary/aromatic N) is 3. The van der Waals surface area contributed by atoms with Gasteiger partial charge in [-0.25, -0.2) is 0 Å². The van der Waals surface area contributed by atoms with Gasteiger partial charge in [-0.15, -0.1) is 0 Å². The molecule has 1 aliphatic carbocycles. The van der Waals surface area contributed by atoms with Crippen molar-refractivity contribution in [2.75, 3.05) is 52.0 Å². The third-order valence-electron chi connectivity index (χ3n) is 8.71. The van der Waals surface area contributed by atoms with Crippen LogP contribution in [0.4, 0.5) is 5.69 Å². The summed E-state index contributed by atoms with van der Waals surface area (Å²) in [5, 5.41) is 2.97. The van der Waals surface area contributed by atoms with Gasteiger partial charge in [-0.2, -0.15) is 0 Å². The number of carbonyl (C=O) groups is 3. The van der Waals surface area contributed by atoms with E-state index in [-0.39, 0.29) is 30.2 Å². The summed E-state index contributed by atoms with van der Waals surface area (Å²) in [5.74, 6) is 1.48. The number of amides is 3. The second-order valence-electron chi connectivity index (χ2n) is 11.0. The van der Waals surface area contributed by atoms with E-state index in [1.807, 2.05) is 53.4 Å². The van der Waals surface area contributed by atoms with Crippen LogP contribution < -0.4 is 19.7 Å². The minimum Gasteiger partial charge on any atom is -0.493 e. The first-order chi connectivity index (χ1) is 19.4. The number of ether oxygens (including phenoxy) is 2. The predicted octanol–water partition coefficient (Wildman–Crippen LogP) is 3.22. The molecule has 3 amide bonds. The van der Waals surface area contributed by atoms with Gasteiger partial charge in [0.2, 0.25) is 11.8 Å². The molecular formula is C31H40N4O5. The Morgan fingerprint density at radius 1 is 0.975 bits per heavy atom. The molecule has 9 heteroatoms. The van der Waals surface area contributed by atoms with Crippen LogP contribution in [0.1, 0.15) is 44.1 Å². The van der Waals surface area contributed by atoms with Crippen LogP contribution in [0.5, 0.6) is 11.5 Å². The monoisotopic (exact) mass is 548 g/mol. The van der Waals surface area contributed by atoms with Crippen molar-refractivity contribution in [3.05, 3.63) is 54.1 Å². The minimum absolute atomic E-state index is 0.000565. The van der Waals surface area contributed by atoms with Gasteiger partial charge in [0.15, 0.2) is 11.5 Å². The summed E-state index contributed by atoms with van der Waals surface area (Å²) in [6.45, 7) is 1.93. The molecule has 40 heavy (non-hydrogen) atoms. The molecule has 0 radical (unpaired) electrons. The summed E-state index contributed by atoms with van der Waals surface area (Å²) in [5.41, 5.74) is 1.24. The molecule has 3 aliphatic rings. The van der Waals surface area contributed by atoms with Crippen molar-refractivity contribution in [2.24, 2.45) is 5.92 Å². The highest BCUT2D eigenvalue weighted by atomic mass is 16.5. The van der Waals surface area contributed by atoms with E-state index >= 15 is 0 Å². The Bertz CT molecular complexity index is 1210. The summed E-state index contributed by atoms with van der Waals surface area (Å²) in [7, 11) is 3.19. The van der Waals surface area contributed by atoms with Crippen LogP contribution in [-0.4, -0.2) is 80.1 Å². The minimum atomic E-state index is -0.742. The Labute approximate surface area is 236 Å². The van der Waals surface area contributed by atoms with Gasteiger partial charge >= 0.3 is 0 Å². The highest BCUT2D eigenvalue weighted by Crippen LogP contribution is 2.40. The van der Waals surface area contributed by atoms with E-state index in [2.05, 4.69) is 10.2 Å². The number of methoxy groups -OCH3 is 2. The van der Waals surface area contributed by atoms with Crippen LogP contribution in [0.15, 0.2) is 48.5 Å². The fraction of sp³-hybridized carbons (Fsp3) is 0.516. The number of hydrogen-bond donors (Lipinski definition) is 1. The smallest absolute Gasteiger partial charge is 0.250 e. The molecule has 1 spiro atoms. The molecule has 2 aromatic rings. The van der Waals surface area contributed by atoms with Crippen molar-refractivity contribution >= 4 is 23.4 Å². The third-order valence-corrected chi connectivity index (χ3v) is 8.71. The van der Waals surface area contributed by atoms with Gasteiger partial charge in [0.1, 0.15) is 12.1 Å². The van der Waals surface area contributed by atoms with Crippen molar-refractivity contribution in [2.45, 2.75) is 50.5 Å². The fourth-order valence-electron chi connectivity index (χ4n) is 6.46. The summed E-state index contributed by atoms with van der Waals surface area (Å²) in [4.78, 5) is 45.7. The molecule has 1 saturated carbocycles. The largest absolute Gasteiger partial charge is 0.493 e. The number of piperidine rings is 1. The molecule has 0 aromatic heterocycles. The van der Waals surface area contributed by atoms with E-state index in [0.29, 0.717) is 57.1 Å². The molecule has 0 unspecified atom stereocenters. The molecule has 2 heterocycles. The fourth-order valence-corrected chi connectivity index (χ4v) is 6.46. The lowest BCUT2D eigenvalue weighted by Gasteiger charge is -2.43. The van der Waals surface area contributed by atoms with E-state index in [1.165, 1.54) is 0 Å². The molecular weight excluding hydrogens is 508 g/mol. The zero-order chi connectivity index (χ0) is 28.1. The van der Waals surface area contributed by atoms with Gasteiger partial charge in [-0.05, 0) is 61.9 Å². The summed E-state index contributed by atoms with van der Waals surface area (Å²) in [6.07, 6.45) is 5.96. The number of rotatable bonds is 9. The molecule has 2 aliphatic heterocycles. The summed E-state index contributed by atoms with van der Waals surface area (Å²) in [6, 6.07) is 15.6. The Hall–Kier alpha value is -3.75. The van der Waals surface area contributed by atoms with Crippen LogP contribution in [-0.2, 0) is 20.8 Å². The topological polar surface area (TPSA) is 91.4 Å². The molecule has 0 bridgehead atoms. The first-order valence-corrected chi connectivity index (χ1v) is 14.3. The van der Waals surface area contributed by atoms with Crippen molar-refractivity contribution in [3.63, 3.8) is 0 Å². The van der Waals surface area contributed by atoms with E-state index in [0.717, 1.165) is 36.9 Å². The maximum absolute atomic E-state index is 13.9. The SMILES string of the molecule is COc1ccc(CCNC(=O)CN2CN(c3ccccc3)C3(CCN(C(=O)C4CCCC4)CC3)C2=O)cc1OC. The van der Waals surface area contributed by atoms with Crippen LogP contribution in [0.3, 0.4) is 0 Å². The van der Waals surface area contributed by atoms with Crippen molar-refractivity contribution in [3.8, 4) is 11.5 Å². The molecule has 2 saturated heterocycles. The average molecular weight is 549 g/mol. The highest BCUT2D eigenvalue weighted by molar-refractivity contribution is 5.96. The number of benzene rings is 2. The molecule has 3 fully saturated rings. The van der Waals surface area contributed by atoms with Gasteiger partial charge in [0.25, 0.3) is 5.91 Å². The highest BCUT2D eigenvalue weighted by Gasteiger charge is 2.54. The van der Waals surface area contributed by atoms with Crippen molar-refractivity contribution in [1.82, 2.24) is 15.1 Å². The number of anilines is 1. The van der Waals surface area contributed by atoms with Crippen LogP contribution in [0, 0.1) is 5.92 Å². The standard InChI is InChI=1S/C31H40N4O5/c1-39-26-13-12-23(20-27(26)40-2)14-17-32-28(36)21-34-22-35(25-10-4-3-5-11-25)31(30(34)38)15-18-33(19-16-31)29(37)24-8-6-7-9-24/h3-5,10-13,20,24H,6-9,14-19,21-22H2,1-2H3,(H,32,36). The van der Waals surface area contributed by atoms with Crippen LogP contribution in [0.2, 0.25) is 0 Å². The summed E-state index contributed by atoms with van der Waals surface area (Å²) >= 11 is 0. The maximum atomic E-state index is 13.9. The van der Waals surface area contributed by atoms with E-state index < -0.39 is 5.54 Å². The quantitative estimate of drug-likeness (QED) is 0.518. The Morgan fingerprint density at radius 2 is 1.68 bits per heavy atom. The lowest BCUT2D eigenvalue weighted by Crippen LogP contribution is -2.58. The third kappa shape index (κ3) is 5.60. The molecule has 2 aromatic carbocycles. The van der Waals surface area contributed by atoms with Gasteiger partial charge in [-0.1, -0.05) is 37.1 Å². The number of hydrogen-bond acceptors (Lipinski definition) is 6. The van der Waals surface area contributed by atoms with Crippen LogP contribution >= 0.6 is 0 Å². The molecule has 5 rings (SSSR count). The lowest BCUT2D eigenvalue weighted by atomic mass is 9.85. The molecule has 0 atom stereocenters. The van der Waals surface area contributed by atoms with Gasteiger partial charge in [0, 0.05) is 31.2 Å². The van der Waals surface area contributed by atoms with Gasteiger partial charge in [-0.3, -0.25) is 14.4 Å². The Morgan fingerprint density at radius 3 is 2.35 bits per heavy atom. The number of likely N-dealkylation sites (tertiary alicyclic amines) is 1. The normalized spacial score (nSPS) is 18.9. The number of para-hydroxylation sites is 1. The number of nitrogens with one attached hydrogen (secondary N) is 1. The Balaban J connectivity index is 1.22. The zero-order valence-electron chi connectivity index (χ0n) is 23.6. The van der Waals surface area contributed by atoms with E-state index in [1.54, 1.807) is 19.1 Å². The molecule has 1 N–H and O–H groups in total. The predicted molar refractivity (Wildman–Crippen MR) is 152 cm³/mol. The first-order valence-electron chi connectivity index (χ1n) is 14.3. The second-order valence-corrected chi connectivity index (χ2v) is 11.0. The summed E-state index contributed by atoms with van der Waals surface area (Å²) < 4.78 is 10.7. The Kier molecular flexibility index (Phi) is 8.47. The molecule has 214 valence electrons. The average Bonchev–Trinajstić information content (AvgIpc) is 3.62. The van der Waals surface area contributed by atoms with Crippen molar-refractivity contribution < 1.29 is 23.9 Å². The van der Waals surface area contributed by atoms with Crippen LogP contribution in [0.25, 0.3) is 0 Å². The lowest BCUT2D eigenvalue weighted by molar-refractivity contribution is -0.141. The van der Waals surface area contributed by atoms with Crippen molar-refractivity contribution in [1.29, 1.82) is 0 Å². The number of carbonyl (C=O) groups excluding carboxylic acids is 3.